The van der Waals surface area contributed by atoms with E-state index in [0.717, 1.165) is 0 Å². The Bertz CT molecular complexity index is 521. The number of rotatable bonds is 6. The van der Waals surface area contributed by atoms with Crippen LogP contribution in [-0.4, -0.2) is 33.4 Å². The Labute approximate surface area is 118 Å². The maximum Gasteiger partial charge on any atom is 0.271 e. The molecule has 1 rings (SSSR count). The molecule has 6 heteroatoms. The van der Waals surface area contributed by atoms with Gasteiger partial charge in [0.15, 0.2) is 0 Å². The van der Waals surface area contributed by atoms with Gasteiger partial charge in [-0.15, -0.1) is 0 Å². The number of aliphatic hydroxyl groups excluding tert-OH is 1. The van der Waals surface area contributed by atoms with Crippen molar-refractivity contribution in [1.82, 2.24) is 15.1 Å². The third kappa shape index (κ3) is 4.77. The molecule has 1 aromatic rings. The van der Waals surface area contributed by atoms with Crippen molar-refractivity contribution < 1.29 is 9.90 Å². The summed E-state index contributed by atoms with van der Waals surface area (Å²) in [4.78, 5) is 23.4. The fourth-order valence-corrected chi connectivity index (χ4v) is 2.08. The first-order valence-corrected chi connectivity index (χ1v) is 6.79. The third-order valence-corrected chi connectivity index (χ3v) is 2.97. The fourth-order valence-electron chi connectivity index (χ4n) is 2.08. The van der Waals surface area contributed by atoms with Crippen LogP contribution < -0.4 is 10.9 Å². The molecule has 2 N–H and O–H groups in total. The van der Waals surface area contributed by atoms with Gasteiger partial charge in [0, 0.05) is 19.2 Å². The van der Waals surface area contributed by atoms with E-state index < -0.39 is 6.10 Å². The van der Waals surface area contributed by atoms with Gasteiger partial charge in [-0.3, -0.25) is 9.59 Å². The molecule has 1 aromatic heterocycles. The highest BCUT2D eigenvalue weighted by molar-refractivity contribution is 5.92. The Hall–Kier alpha value is -1.69. The molecule has 1 heterocycles. The number of hydrogen-bond acceptors (Lipinski definition) is 4. The zero-order valence-corrected chi connectivity index (χ0v) is 12.5. The monoisotopic (exact) mass is 281 g/mol. The van der Waals surface area contributed by atoms with Crippen molar-refractivity contribution in [2.75, 3.05) is 6.54 Å². The van der Waals surface area contributed by atoms with Gasteiger partial charge in [0.1, 0.15) is 5.69 Å². The van der Waals surface area contributed by atoms with Crippen LogP contribution in [-0.2, 0) is 6.54 Å². The number of aliphatic hydroxyl groups is 1. The lowest BCUT2D eigenvalue weighted by Gasteiger charge is -2.26. The van der Waals surface area contributed by atoms with Crippen LogP contribution in [0.3, 0.4) is 0 Å². The zero-order chi connectivity index (χ0) is 15.3. The maximum absolute atomic E-state index is 12.0. The molecule has 1 atom stereocenters. The summed E-state index contributed by atoms with van der Waals surface area (Å²) in [5.41, 5.74) is -0.207. The van der Waals surface area contributed by atoms with Crippen LogP contribution in [0, 0.1) is 5.41 Å². The third-order valence-electron chi connectivity index (χ3n) is 2.97. The second-order valence-corrected chi connectivity index (χ2v) is 5.77. The number of nitrogens with zero attached hydrogens (tertiary/aromatic N) is 2. The minimum Gasteiger partial charge on any atom is -0.393 e. The number of nitrogens with one attached hydrogen (secondary N) is 1. The molecule has 0 radical (unpaired) electrons. The highest BCUT2D eigenvalue weighted by Gasteiger charge is 2.21. The number of amides is 1. The van der Waals surface area contributed by atoms with E-state index in [9.17, 15) is 14.7 Å². The Balaban J connectivity index is 2.70. The number of carbonyl (C=O) groups excluding carboxylic acids is 1. The average molecular weight is 281 g/mol. The highest BCUT2D eigenvalue weighted by atomic mass is 16.3. The van der Waals surface area contributed by atoms with Crippen molar-refractivity contribution in [1.29, 1.82) is 0 Å². The molecule has 0 aliphatic rings. The number of aryl methyl sites for hydroxylation is 1. The zero-order valence-electron chi connectivity index (χ0n) is 12.5. The van der Waals surface area contributed by atoms with E-state index in [1.54, 1.807) is 13.8 Å². The van der Waals surface area contributed by atoms with E-state index in [4.69, 9.17) is 0 Å². The lowest BCUT2D eigenvalue weighted by Crippen LogP contribution is -2.37. The van der Waals surface area contributed by atoms with Gasteiger partial charge in [-0.05, 0) is 31.7 Å². The van der Waals surface area contributed by atoms with Gasteiger partial charge in [0.05, 0.1) is 6.10 Å². The molecule has 0 aromatic carbocycles. The first-order chi connectivity index (χ1) is 9.25. The Kier molecular flexibility index (Phi) is 5.44. The molecular weight excluding hydrogens is 258 g/mol. The highest BCUT2D eigenvalue weighted by Crippen LogP contribution is 2.21. The van der Waals surface area contributed by atoms with Gasteiger partial charge < -0.3 is 10.4 Å². The van der Waals surface area contributed by atoms with Crippen LogP contribution >= 0.6 is 0 Å². The molecule has 0 fully saturated rings. The van der Waals surface area contributed by atoms with Crippen molar-refractivity contribution in [3.05, 3.63) is 28.2 Å². The van der Waals surface area contributed by atoms with E-state index >= 15 is 0 Å². The molecule has 0 aliphatic carbocycles. The molecule has 0 saturated heterocycles. The minimum absolute atomic E-state index is 0.205. The maximum atomic E-state index is 12.0. The lowest BCUT2D eigenvalue weighted by atomic mass is 9.87. The number of carbonyl (C=O) groups is 1. The Morgan fingerprint density at radius 2 is 2.15 bits per heavy atom. The molecule has 1 amide bonds. The Morgan fingerprint density at radius 1 is 1.50 bits per heavy atom. The lowest BCUT2D eigenvalue weighted by molar-refractivity contribution is 0.0895. The van der Waals surface area contributed by atoms with E-state index in [-0.39, 0.29) is 22.6 Å². The van der Waals surface area contributed by atoms with Crippen LogP contribution in [0.4, 0.5) is 0 Å². The summed E-state index contributed by atoms with van der Waals surface area (Å²) in [5, 5.41) is 16.2. The predicted octanol–water partition coefficient (Wildman–Crippen LogP) is 0.790. The average Bonchev–Trinajstić information content (AvgIpc) is 2.35. The molecule has 20 heavy (non-hydrogen) atoms. The minimum atomic E-state index is -0.415. The summed E-state index contributed by atoms with van der Waals surface area (Å²) >= 11 is 0. The number of aromatic nitrogens is 2. The van der Waals surface area contributed by atoms with Gasteiger partial charge in [0.25, 0.3) is 11.5 Å². The van der Waals surface area contributed by atoms with Gasteiger partial charge in [0.2, 0.25) is 0 Å². The van der Waals surface area contributed by atoms with E-state index in [2.05, 4.69) is 10.4 Å². The molecule has 6 nitrogen and oxygen atoms in total. The largest absolute Gasteiger partial charge is 0.393 e. The normalized spacial score (nSPS) is 13.1. The van der Waals surface area contributed by atoms with Crippen LogP contribution in [0.25, 0.3) is 0 Å². The molecule has 0 aliphatic heterocycles. The predicted molar refractivity (Wildman–Crippen MR) is 76.6 cm³/mol. The van der Waals surface area contributed by atoms with E-state index in [1.807, 2.05) is 13.8 Å². The quantitative estimate of drug-likeness (QED) is 0.807. The van der Waals surface area contributed by atoms with Crippen LogP contribution in [0.1, 0.15) is 44.6 Å². The standard InChI is InChI=1S/C14H23N3O3/c1-5-17-12(19)7-6-11(16-17)13(20)15-9-14(3,4)8-10(2)18/h6-7,10,18H,5,8-9H2,1-4H3,(H,15,20). The smallest absolute Gasteiger partial charge is 0.271 e. The summed E-state index contributed by atoms with van der Waals surface area (Å²) in [6, 6.07) is 2.76. The molecular formula is C14H23N3O3. The van der Waals surface area contributed by atoms with Crippen molar-refractivity contribution >= 4 is 5.91 Å². The molecule has 1 unspecified atom stereocenters. The van der Waals surface area contributed by atoms with E-state index in [0.29, 0.717) is 19.5 Å². The summed E-state index contributed by atoms with van der Waals surface area (Å²) in [5.74, 6) is -0.314. The summed E-state index contributed by atoms with van der Waals surface area (Å²) in [7, 11) is 0. The van der Waals surface area contributed by atoms with Crippen LogP contribution in [0.15, 0.2) is 16.9 Å². The topological polar surface area (TPSA) is 84.2 Å². The number of hydrogen-bond donors (Lipinski definition) is 2. The van der Waals surface area contributed by atoms with Gasteiger partial charge in [-0.25, -0.2) is 4.68 Å². The second kappa shape index (κ2) is 6.65. The summed E-state index contributed by atoms with van der Waals surface area (Å²) in [6.07, 6.45) is 0.178. The van der Waals surface area contributed by atoms with Crippen molar-refractivity contribution in [3.63, 3.8) is 0 Å². The second-order valence-electron chi connectivity index (χ2n) is 5.77. The van der Waals surface area contributed by atoms with Gasteiger partial charge in [-0.2, -0.15) is 5.10 Å². The molecule has 0 saturated carbocycles. The Morgan fingerprint density at radius 3 is 2.70 bits per heavy atom. The molecule has 0 spiro atoms. The first kappa shape index (κ1) is 16.4. The van der Waals surface area contributed by atoms with Crippen LogP contribution in [0.2, 0.25) is 0 Å². The van der Waals surface area contributed by atoms with Crippen molar-refractivity contribution in [2.45, 2.75) is 46.8 Å². The summed E-state index contributed by atoms with van der Waals surface area (Å²) < 4.78 is 1.25. The van der Waals surface area contributed by atoms with Gasteiger partial charge >= 0.3 is 0 Å². The first-order valence-electron chi connectivity index (χ1n) is 6.79. The molecule has 112 valence electrons. The fraction of sp³-hybridized carbons (Fsp3) is 0.643. The van der Waals surface area contributed by atoms with E-state index in [1.165, 1.54) is 16.8 Å². The van der Waals surface area contributed by atoms with Gasteiger partial charge in [-0.1, -0.05) is 13.8 Å². The molecule has 0 bridgehead atoms. The van der Waals surface area contributed by atoms with Crippen molar-refractivity contribution in [2.24, 2.45) is 5.41 Å². The van der Waals surface area contributed by atoms with Crippen LogP contribution in [0.5, 0.6) is 0 Å². The SMILES string of the molecule is CCn1nc(C(=O)NCC(C)(C)CC(C)O)ccc1=O. The van der Waals surface area contributed by atoms with Crippen molar-refractivity contribution in [3.8, 4) is 0 Å². The summed E-state index contributed by atoms with van der Waals surface area (Å²) in [6.45, 7) is 8.32.